The minimum absolute atomic E-state index is 0.137. The van der Waals surface area contributed by atoms with Gasteiger partial charge < -0.3 is 5.73 Å². The van der Waals surface area contributed by atoms with Crippen LogP contribution >= 0.6 is 8.07 Å². The highest BCUT2D eigenvalue weighted by Gasteiger charge is 2.26. The van der Waals surface area contributed by atoms with E-state index in [9.17, 15) is 0 Å². The van der Waals surface area contributed by atoms with Crippen LogP contribution in [0.1, 0.15) is 5.69 Å². The average Bonchev–Trinajstić information content (AvgIpc) is 3.18. The maximum absolute atomic E-state index is 15.4. The normalized spacial score (nSPS) is 11.3. The molecule has 0 spiro atoms. The van der Waals surface area contributed by atoms with Crippen molar-refractivity contribution >= 4 is 35.4 Å². The second-order valence-corrected chi connectivity index (χ2v) is 9.16. The summed E-state index contributed by atoms with van der Waals surface area (Å²) < 4.78 is 17.2. The molecular formula is C24H19FN5P. The predicted octanol–water partition coefficient (Wildman–Crippen LogP) is 4.42. The lowest BCUT2D eigenvalue weighted by Crippen LogP contribution is -2.18. The maximum atomic E-state index is 15.4. The van der Waals surface area contributed by atoms with Gasteiger partial charge in [0.1, 0.15) is 11.2 Å². The summed E-state index contributed by atoms with van der Waals surface area (Å²) in [7, 11) is -1.18. The molecule has 2 N–H and O–H groups in total. The Morgan fingerprint density at radius 2 is 1.55 bits per heavy atom. The molecule has 5 rings (SSSR count). The Balaban J connectivity index is 1.85. The Bertz CT molecular complexity index is 1330. The van der Waals surface area contributed by atoms with Gasteiger partial charge in [-0.1, -0.05) is 60.7 Å². The van der Waals surface area contributed by atoms with Gasteiger partial charge in [-0.2, -0.15) is 5.10 Å². The molecule has 0 aliphatic carbocycles. The molecule has 0 bridgehead atoms. The van der Waals surface area contributed by atoms with Gasteiger partial charge in [0.05, 0.1) is 8.07 Å². The van der Waals surface area contributed by atoms with E-state index in [2.05, 4.69) is 9.97 Å². The van der Waals surface area contributed by atoms with Crippen LogP contribution in [0.2, 0.25) is 0 Å². The van der Waals surface area contributed by atoms with Crippen LogP contribution in [0.3, 0.4) is 0 Å². The first kappa shape index (κ1) is 19.3. The molecule has 5 aromatic rings. The molecule has 0 radical (unpaired) electrons. The zero-order valence-electron chi connectivity index (χ0n) is 16.8. The molecular weight excluding hydrogens is 408 g/mol. The van der Waals surface area contributed by atoms with Crippen LogP contribution < -0.4 is 16.3 Å². The lowest BCUT2D eigenvalue weighted by molar-refractivity contribution is 0.634. The molecule has 152 valence electrons. The van der Waals surface area contributed by atoms with E-state index in [-0.39, 0.29) is 5.82 Å². The van der Waals surface area contributed by atoms with Crippen molar-refractivity contribution in [2.75, 3.05) is 5.73 Å². The van der Waals surface area contributed by atoms with Crippen molar-refractivity contribution in [1.29, 1.82) is 0 Å². The van der Waals surface area contributed by atoms with Gasteiger partial charge in [-0.25, -0.2) is 13.8 Å². The topological polar surface area (TPSA) is 69.6 Å². The van der Waals surface area contributed by atoms with Gasteiger partial charge in [0, 0.05) is 39.6 Å². The van der Waals surface area contributed by atoms with E-state index >= 15 is 4.39 Å². The van der Waals surface area contributed by atoms with E-state index in [1.807, 2.05) is 79.7 Å². The standard InChI is InChI=1S/C24H19FN5P/c1-16-14-17(12-13-27-16)22-20-15-28-24(26)21(25)23(20)30(29-22)31(18-8-4-2-5-9-18)19-10-6-3-7-11-19/h2-15H,1H3,(H2,26,28). The second kappa shape index (κ2) is 7.89. The SMILES string of the molecule is Cc1cc(-c2nn(P(c3ccccc3)c3ccccc3)c3c(F)c(N)ncc23)ccn1. The van der Waals surface area contributed by atoms with E-state index < -0.39 is 13.9 Å². The molecule has 3 heterocycles. The van der Waals surface area contributed by atoms with E-state index in [1.54, 1.807) is 16.8 Å². The molecule has 0 saturated carbocycles. The highest BCUT2D eigenvalue weighted by Crippen LogP contribution is 2.42. The number of nitrogen functional groups attached to an aromatic ring is 1. The third-order valence-corrected chi connectivity index (χ3v) is 7.27. The minimum atomic E-state index is -1.18. The maximum Gasteiger partial charge on any atom is 0.191 e. The number of anilines is 1. The molecule has 2 aromatic carbocycles. The molecule has 7 heteroatoms. The van der Waals surface area contributed by atoms with E-state index in [1.165, 1.54) is 0 Å². The molecule has 5 nitrogen and oxygen atoms in total. The average molecular weight is 427 g/mol. The summed E-state index contributed by atoms with van der Waals surface area (Å²) in [6.07, 6.45) is 3.33. The fourth-order valence-electron chi connectivity index (χ4n) is 3.62. The fraction of sp³-hybridized carbons (Fsp3) is 0.0417. The molecule has 3 aromatic heterocycles. The third-order valence-electron chi connectivity index (χ3n) is 5.03. The van der Waals surface area contributed by atoms with Crippen molar-refractivity contribution in [3.05, 3.63) is 96.7 Å². The van der Waals surface area contributed by atoms with Crippen LogP contribution in [0.25, 0.3) is 22.2 Å². The molecule has 0 amide bonds. The number of hydrogen-bond donors (Lipinski definition) is 1. The summed E-state index contributed by atoms with van der Waals surface area (Å²) in [6, 6.07) is 23.9. The van der Waals surface area contributed by atoms with Gasteiger partial charge in [-0.05, 0) is 19.1 Å². The summed E-state index contributed by atoms with van der Waals surface area (Å²) in [5.74, 6) is -0.691. The van der Waals surface area contributed by atoms with Gasteiger partial charge in [0.15, 0.2) is 11.6 Å². The first-order chi connectivity index (χ1) is 15.1. The van der Waals surface area contributed by atoms with Gasteiger partial charge in [0.25, 0.3) is 0 Å². The lowest BCUT2D eigenvalue weighted by atomic mass is 10.1. The number of nitrogens with two attached hydrogens (primary N) is 1. The van der Waals surface area contributed by atoms with Crippen molar-refractivity contribution in [2.24, 2.45) is 0 Å². The first-order valence-corrected chi connectivity index (χ1v) is 11.1. The summed E-state index contributed by atoms with van der Waals surface area (Å²) in [6.45, 7) is 1.92. The van der Waals surface area contributed by atoms with Crippen LogP contribution in [0.4, 0.5) is 10.2 Å². The Morgan fingerprint density at radius 3 is 2.16 bits per heavy atom. The van der Waals surface area contributed by atoms with Crippen LogP contribution in [0.15, 0.2) is 85.2 Å². The number of nitrogens with zero attached hydrogens (tertiary/aromatic N) is 4. The molecule has 0 aliphatic heterocycles. The molecule has 0 saturated heterocycles. The third kappa shape index (κ3) is 3.45. The van der Waals surface area contributed by atoms with Crippen molar-refractivity contribution in [3.8, 4) is 11.3 Å². The van der Waals surface area contributed by atoms with Crippen LogP contribution in [0, 0.1) is 12.7 Å². The van der Waals surface area contributed by atoms with Gasteiger partial charge in [-0.3, -0.25) is 4.98 Å². The van der Waals surface area contributed by atoms with Crippen molar-refractivity contribution in [1.82, 2.24) is 19.5 Å². The van der Waals surface area contributed by atoms with Crippen LogP contribution in [-0.4, -0.2) is 19.5 Å². The van der Waals surface area contributed by atoms with Crippen molar-refractivity contribution in [3.63, 3.8) is 0 Å². The van der Waals surface area contributed by atoms with Crippen LogP contribution in [0.5, 0.6) is 0 Å². The summed E-state index contributed by atoms with van der Waals surface area (Å²) >= 11 is 0. The number of halogens is 1. The largest absolute Gasteiger partial charge is 0.381 e. The van der Waals surface area contributed by atoms with E-state index in [4.69, 9.17) is 10.8 Å². The van der Waals surface area contributed by atoms with Crippen molar-refractivity contribution < 1.29 is 4.39 Å². The number of benzene rings is 2. The molecule has 0 aliphatic rings. The number of aryl methyl sites for hydroxylation is 1. The van der Waals surface area contributed by atoms with Crippen molar-refractivity contribution in [2.45, 2.75) is 6.92 Å². The minimum Gasteiger partial charge on any atom is -0.381 e. The molecule has 0 fully saturated rings. The Morgan fingerprint density at radius 1 is 0.903 bits per heavy atom. The Labute approximate surface area is 180 Å². The highest BCUT2D eigenvalue weighted by atomic mass is 31.1. The molecule has 31 heavy (non-hydrogen) atoms. The number of pyridine rings is 2. The lowest BCUT2D eigenvalue weighted by Gasteiger charge is -2.20. The Hall–Kier alpha value is -3.63. The number of hydrogen-bond acceptors (Lipinski definition) is 4. The van der Waals surface area contributed by atoms with E-state index in [0.29, 0.717) is 16.6 Å². The fourth-order valence-corrected chi connectivity index (χ4v) is 5.84. The van der Waals surface area contributed by atoms with Gasteiger partial charge in [0.2, 0.25) is 0 Å². The molecule has 0 unspecified atom stereocenters. The number of aromatic nitrogens is 4. The second-order valence-electron chi connectivity index (χ2n) is 7.13. The highest BCUT2D eigenvalue weighted by molar-refractivity contribution is 7.71. The quantitative estimate of drug-likeness (QED) is 0.431. The van der Waals surface area contributed by atoms with Gasteiger partial charge >= 0.3 is 0 Å². The summed E-state index contributed by atoms with van der Waals surface area (Å²) in [5, 5.41) is 7.67. The molecule has 0 atom stereocenters. The Kier molecular flexibility index (Phi) is 4.92. The van der Waals surface area contributed by atoms with Crippen LogP contribution in [-0.2, 0) is 0 Å². The zero-order chi connectivity index (χ0) is 21.4. The zero-order valence-corrected chi connectivity index (χ0v) is 17.7. The smallest absolute Gasteiger partial charge is 0.191 e. The first-order valence-electron chi connectivity index (χ1n) is 9.80. The predicted molar refractivity (Wildman–Crippen MR) is 124 cm³/mol. The van der Waals surface area contributed by atoms with Gasteiger partial charge in [-0.15, -0.1) is 0 Å². The number of rotatable bonds is 4. The number of fused-ring (bicyclic) bond motifs is 1. The summed E-state index contributed by atoms with van der Waals surface area (Å²) in [5.41, 5.74) is 8.61. The monoisotopic (exact) mass is 427 g/mol. The van der Waals surface area contributed by atoms with E-state index in [0.717, 1.165) is 21.9 Å². The summed E-state index contributed by atoms with van der Waals surface area (Å²) in [4.78, 5) is 8.35.